The molecule has 0 saturated heterocycles. The van der Waals surface area contributed by atoms with Gasteiger partial charge in [0.15, 0.2) is 0 Å². The maximum atomic E-state index is 12.6. The Bertz CT molecular complexity index is 405. The Morgan fingerprint density at radius 1 is 1.41 bits per heavy atom. The van der Waals surface area contributed by atoms with Crippen molar-refractivity contribution in [2.45, 2.75) is 18.6 Å². The first-order valence-electron chi connectivity index (χ1n) is 5.36. The molecule has 0 aliphatic rings. The molecule has 5 heteroatoms. The van der Waals surface area contributed by atoms with Crippen molar-refractivity contribution in [3.05, 3.63) is 35.6 Å². The quantitative estimate of drug-likeness (QED) is 0.873. The van der Waals surface area contributed by atoms with Gasteiger partial charge >= 0.3 is 0 Å². The van der Waals surface area contributed by atoms with E-state index in [4.69, 9.17) is 0 Å². The fourth-order valence-corrected chi connectivity index (χ4v) is 1.71. The fraction of sp³-hybridized carbons (Fsp3) is 0.417. The average Bonchev–Trinajstić information content (AvgIpc) is 2.29. The Hall–Kier alpha value is -1.23. The van der Waals surface area contributed by atoms with Gasteiger partial charge in [-0.05, 0) is 30.7 Å². The number of benzene rings is 1. The number of amides is 1. The van der Waals surface area contributed by atoms with Crippen LogP contribution in [0.2, 0.25) is 0 Å². The molecule has 1 N–H and O–H groups in total. The molecule has 0 spiro atoms. The molecule has 0 saturated carbocycles. The van der Waals surface area contributed by atoms with Gasteiger partial charge in [0.25, 0.3) is 5.91 Å². The standard InChI is InChI=1S/C12H16FNO2S/c1-9(17(2)16)7-8-14-12(15)10-3-5-11(13)6-4-10/h3-6,9H,7-8H2,1-2H3,(H,14,15). The van der Waals surface area contributed by atoms with Crippen molar-refractivity contribution in [1.29, 1.82) is 0 Å². The molecule has 1 aromatic carbocycles. The van der Waals surface area contributed by atoms with Gasteiger partial charge < -0.3 is 5.32 Å². The highest BCUT2D eigenvalue weighted by Crippen LogP contribution is 2.03. The van der Waals surface area contributed by atoms with Gasteiger partial charge in [0, 0.05) is 34.4 Å². The van der Waals surface area contributed by atoms with Crippen LogP contribution >= 0.6 is 0 Å². The number of rotatable bonds is 5. The Labute approximate surface area is 103 Å². The van der Waals surface area contributed by atoms with E-state index in [1.54, 1.807) is 6.26 Å². The van der Waals surface area contributed by atoms with Crippen molar-refractivity contribution in [2.75, 3.05) is 12.8 Å². The smallest absolute Gasteiger partial charge is 0.251 e. The van der Waals surface area contributed by atoms with Gasteiger partial charge in [-0.25, -0.2) is 4.39 Å². The fourth-order valence-electron chi connectivity index (χ4n) is 1.26. The van der Waals surface area contributed by atoms with Crippen LogP contribution in [0.1, 0.15) is 23.7 Å². The molecule has 1 amide bonds. The number of carbonyl (C=O) groups is 1. The maximum Gasteiger partial charge on any atom is 0.251 e. The second-order valence-electron chi connectivity index (χ2n) is 3.86. The first-order valence-corrected chi connectivity index (χ1v) is 6.99. The van der Waals surface area contributed by atoms with Gasteiger partial charge in [-0.15, -0.1) is 0 Å². The average molecular weight is 257 g/mol. The van der Waals surface area contributed by atoms with Crippen molar-refractivity contribution >= 4 is 16.7 Å². The molecule has 1 aromatic rings. The van der Waals surface area contributed by atoms with Crippen LogP contribution < -0.4 is 5.32 Å². The van der Waals surface area contributed by atoms with Crippen molar-refractivity contribution in [1.82, 2.24) is 5.32 Å². The summed E-state index contributed by atoms with van der Waals surface area (Å²) in [5.74, 6) is -0.601. The summed E-state index contributed by atoms with van der Waals surface area (Å²) < 4.78 is 23.7. The molecular formula is C12H16FNO2S. The van der Waals surface area contributed by atoms with Crippen LogP contribution in [0.15, 0.2) is 24.3 Å². The predicted octanol–water partition coefficient (Wildman–Crippen LogP) is 1.71. The van der Waals surface area contributed by atoms with E-state index in [-0.39, 0.29) is 17.0 Å². The number of nitrogens with one attached hydrogen (secondary N) is 1. The van der Waals surface area contributed by atoms with E-state index in [1.807, 2.05) is 6.92 Å². The molecule has 2 atom stereocenters. The second-order valence-corrected chi connectivity index (χ2v) is 5.66. The van der Waals surface area contributed by atoms with Crippen LogP contribution in [0.5, 0.6) is 0 Å². The van der Waals surface area contributed by atoms with Crippen molar-refractivity contribution in [2.24, 2.45) is 0 Å². The molecule has 0 aliphatic heterocycles. The molecule has 1 rings (SSSR count). The van der Waals surface area contributed by atoms with E-state index in [0.717, 1.165) is 0 Å². The van der Waals surface area contributed by atoms with Crippen LogP contribution in [-0.2, 0) is 10.8 Å². The Morgan fingerprint density at radius 2 is 2.00 bits per heavy atom. The van der Waals surface area contributed by atoms with Gasteiger partial charge in [0.2, 0.25) is 0 Å². The summed E-state index contributed by atoms with van der Waals surface area (Å²) >= 11 is 0. The Morgan fingerprint density at radius 3 is 2.53 bits per heavy atom. The highest BCUT2D eigenvalue weighted by molar-refractivity contribution is 7.84. The van der Waals surface area contributed by atoms with Crippen molar-refractivity contribution in [3.8, 4) is 0 Å². The molecule has 2 unspecified atom stereocenters. The normalized spacial score (nSPS) is 14.1. The lowest BCUT2D eigenvalue weighted by molar-refractivity contribution is 0.0953. The summed E-state index contributed by atoms with van der Waals surface area (Å²) in [6.07, 6.45) is 2.31. The monoisotopic (exact) mass is 257 g/mol. The molecule has 0 aromatic heterocycles. The van der Waals surface area contributed by atoms with Crippen LogP contribution in [-0.4, -0.2) is 28.2 Å². The minimum Gasteiger partial charge on any atom is -0.352 e. The molecule has 0 heterocycles. The summed E-state index contributed by atoms with van der Waals surface area (Å²) in [5.41, 5.74) is 0.427. The lowest BCUT2D eigenvalue weighted by Crippen LogP contribution is -2.27. The van der Waals surface area contributed by atoms with Gasteiger partial charge in [-0.3, -0.25) is 9.00 Å². The largest absolute Gasteiger partial charge is 0.352 e. The molecule has 0 aliphatic carbocycles. The van der Waals surface area contributed by atoms with Crippen LogP contribution in [0, 0.1) is 5.82 Å². The Kier molecular flexibility index (Phi) is 5.28. The summed E-state index contributed by atoms with van der Waals surface area (Å²) in [6, 6.07) is 5.37. The van der Waals surface area contributed by atoms with E-state index in [0.29, 0.717) is 18.5 Å². The highest BCUT2D eigenvalue weighted by Gasteiger charge is 2.08. The molecule has 94 valence electrons. The minimum absolute atomic E-state index is 0.0588. The molecule has 3 nitrogen and oxygen atoms in total. The number of halogens is 1. The van der Waals surface area contributed by atoms with E-state index >= 15 is 0 Å². The topological polar surface area (TPSA) is 46.2 Å². The highest BCUT2D eigenvalue weighted by atomic mass is 32.2. The van der Waals surface area contributed by atoms with E-state index in [9.17, 15) is 13.4 Å². The summed E-state index contributed by atoms with van der Waals surface area (Å²) in [4.78, 5) is 11.6. The third kappa shape index (κ3) is 4.65. The molecule has 0 radical (unpaired) electrons. The third-order valence-electron chi connectivity index (χ3n) is 2.51. The lowest BCUT2D eigenvalue weighted by atomic mass is 10.2. The van der Waals surface area contributed by atoms with Gasteiger partial charge in [0.1, 0.15) is 5.82 Å². The minimum atomic E-state index is -0.873. The lowest BCUT2D eigenvalue weighted by Gasteiger charge is -2.09. The summed E-state index contributed by atoms with van der Waals surface area (Å²) in [7, 11) is -0.873. The van der Waals surface area contributed by atoms with Gasteiger partial charge in [-0.2, -0.15) is 0 Å². The van der Waals surface area contributed by atoms with Crippen LogP contribution in [0.25, 0.3) is 0 Å². The summed E-state index contributed by atoms with van der Waals surface area (Å²) in [6.45, 7) is 2.34. The zero-order chi connectivity index (χ0) is 12.8. The SMILES string of the molecule is CC(CCNC(=O)c1ccc(F)cc1)S(C)=O. The van der Waals surface area contributed by atoms with E-state index < -0.39 is 10.8 Å². The van der Waals surface area contributed by atoms with Crippen LogP contribution in [0.3, 0.4) is 0 Å². The molecule has 17 heavy (non-hydrogen) atoms. The van der Waals surface area contributed by atoms with Crippen molar-refractivity contribution < 1.29 is 13.4 Å². The second kappa shape index (κ2) is 6.49. The number of carbonyl (C=O) groups excluding carboxylic acids is 1. The molecular weight excluding hydrogens is 241 g/mol. The van der Waals surface area contributed by atoms with Gasteiger partial charge in [-0.1, -0.05) is 6.92 Å². The third-order valence-corrected chi connectivity index (χ3v) is 3.88. The summed E-state index contributed by atoms with van der Waals surface area (Å²) in [5, 5.41) is 2.77. The first-order chi connectivity index (χ1) is 8.00. The van der Waals surface area contributed by atoms with E-state index in [2.05, 4.69) is 5.32 Å². The number of hydrogen-bond donors (Lipinski definition) is 1. The van der Waals surface area contributed by atoms with Crippen LogP contribution in [0.4, 0.5) is 4.39 Å². The zero-order valence-electron chi connectivity index (χ0n) is 9.90. The Balaban J connectivity index is 2.40. The van der Waals surface area contributed by atoms with Gasteiger partial charge in [0.05, 0.1) is 0 Å². The van der Waals surface area contributed by atoms with Crippen molar-refractivity contribution in [3.63, 3.8) is 0 Å². The first kappa shape index (κ1) is 13.8. The van der Waals surface area contributed by atoms with E-state index in [1.165, 1.54) is 24.3 Å². The zero-order valence-corrected chi connectivity index (χ0v) is 10.7. The molecule has 0 bridgehead atoms. The maximum absolute atomic E-state index is 12.6. The molecule has 0 fully saturated rings. The number of hydrogen-bond acceptors (Lipinski definition) is 2. The predicted molar refractivity (Wildman–Crippen MR) is 66.9 cm³/mol.